The summed E-state index contributed by atoms with van der Waals surface area (Å²) in [5.41, 5.74) is 4.08. The van der Waals surface area contributed by atoms with E-state index in [0.717, 1.165) is 22.0 Å². The van der Waals surface area contributed by atoms with Gasteiger partial charge in [-0.1, -0.05) is 65.7 Å². The molecule has 0 radical (unpaired) electrons. The molecule has 1 heterocycles. The van der Waals surface area contributed by atoms with E-state index in [4.69, 9.17) is 0 Å². The van der Waals surface area contributed by atoms with Gasteiger partial charge in [0.05, 0.1) is 0 Å². The molecule has 0 fully saturated rings. The molecule has 0 aliphatic carbocycles. The van der Waals surface area contributed by atoms with E-state index in [9.17, 15) is 9.59 Å². The topological polar surface area (TPSA) is 62.0 Å². The number of aryl methyl sites for hydroxylation is 1. The van der Waals surface area contributed by atoms with E-state index in [1.54, 1.807) is 12.1 Å². The lowest BCUT2D eigenvalue weighted by molar-refractivity contribution is 0.102. The number of anilines is 1. The second-order valence-corrected chi connectivity index (χ2v) is 7.03. The maximum Gasteiger partial charge on any atom is 0.255 e. The number of pyridine rings is 1. The highest BCUT2D eigenvalue weighted by molar-refractivity contribution is 6.05. The molecule has 3 rings (SSSR count). The van der Waals surface area contributed by atoms with Crippen molar-refractivity contribution in [2.75, 3.05) is 5.32 Å². The summed E-state index contributed by atoms with van der Waals surface area (Å²) in [6.45, 7) is 14.3. The summed E-state index contributed by atoms with van der Waals surface area (Å²) >= 11 is 0. The molecule has 0 aliphatic heterocycles. The molecule has 0 spiro atoms. The number of aromatic amines is 1. The Morgan fingerprint density at radius 3 is 2.14 bits per heavy atom. The molecule has 4 heteroatoms. The van der Waals surface area contributed by atoms with Crippen molar-refractivity contribution in [3.63, 3.8) is 0 Å². The van der Waals surface area contributed by atoms with E-state index < -0.39 is 0 Å². The molecular formula is C25H34N2O2. The van der Waals surface area contributed by atoms with Crippen LogP contribution in [0.3, 0.4) is 0 Å². The van der Waals surface area contributed by atoms with Crippen molar-refractivity contribution in [3.8, 4) is 0 Å². The Bertz CT molecular complexity index is 970. The van der Waals surface area contributed by atoms with Gasteiger partial charge in [-0.25, -0.2) is 0 Å². The number of nitrogens with one attached hydrogen (secondary N) is 2. The predicted molar refractivity (Wildman–Crippen MR) is 125 cm³/mol. The van der Waals surface area contributed by atoms with Gasteiger partial charge >= 0.3 is 0 Å². The van der Waals surface area contributed by atoms with Crippen LogP contribution < -0.4 is 10.9 Å². The van der Waals surface area contributed by atoms with Gasteiger partial charge in [0, 0.05) is 28.2 Å². The van der Waals surface area contributed by atoms with Crippen molar-refractivity contribution >= 4 is 22.5 Å². The highest BCUT2D eigenvalue weighted by Gasteiger charge is 2.10. The fraction of sp³-hybridized carbons (Fsp3) is 0.360. The van der Waals surface area contributed by atoms with E-state index in [1.165, 1.54) is 6.42 Å². The summed E-state index contributed by atoms with van der Waals surface area (Å²) in [6.07, 6.45) is 1.25. The van der Waals surface area contributed by atoms with E-state index in [2.05, 4.69) is 24.1 Å². The summed E-state index contributed by atoms with van der Waals surface area (Å²) in [5, 5.41) is 3.87. The van der Waals surface area contributed by atoms with Crippen molar-refractivity contribution in [2.45, 2.75) is 60.8 Å². The van der Waals surface area contributed by atoms with Gasteiger partial charge in [0.25, 0.3) is 5.91 Å². The molecule has 1 amide bonds. The lowest BCUT2D eigenvalue weighted by atomic mass is 9.98. The molecule has 0 saturated heterocycles. The molecule has 0 bridgehead atoms. The van der Waals surface area contributed by atoms with Crippen LogP contribution in [0.15, 0.2) is 53.3 Å². The number of carbonyl (C=O) groups excluding carboxylic acids is 1. The highest BCUT2D eigenvalue weighted by atomic mass is 16.1. The number of rotatable bonds is 3. The molecule has 29 heavy (non-hydrogen) atoms. The third-order valence-corrected chi connectivity index (χ3v) is 4.07. The zero-order valence-electron chi connectivity index (χ0n) is 18.7. The molecule has 156 valence electrons. The first kappa shape index (κ1) is 24.2. The van der Waals surface area contributed by atoms with Crippen LogP contribution in [-0.4, -0.2) is 10.9 Å². The normalized spacial score (nSPS) is 9.93. The Morgan fingerprint density at radius 2 is 1.59 bits per heavy atom. The number of benzene rings is 2. The van der Waals surface area contributed by atoms with Crippen LogP contribution in [0.5, 0.6) is 0 Å². The first-order chi connectivity index (χ1) is 13.8. The van der Waals surface area contributed by atoms with E-state index in [1.807, 2.05) is 71.0 Å². The van der Waals surface area contributed by atoms with Gasteiger partial charge in [-0.15, -0.1) is 0 Å². The predicted octanol–water partition coefficient (Wildman–Crippen LogP) is 6.65. The lowest BCUT2D eigenvalue weighted by Gasteiger charge is -2.12. The van der Waals surface area contributed by atoms with Gasteiger partial charge in [0.1, 0.15) is 0 Å². The second-order valence-electron chi connectivity index (χ2n) is 7.03. The van der Waals surface area contributed by atoms with Crippen LogP contribution in [0.1, 0.15) is 75.4 Å². The van der Waals surface area contributed by atoms with Gasteiger partial charge in [0.15, 0.2) is 0 Å². The summed E-state index contributed by atoms with van der Waals surface area (Å²) < 4.78 is 0. The molecule has 1 aromatic heterocycles. The fourth-order valence-corrected chi connectivity index (χ4v) is 2.74. The molecule has 0 aliphatic rings. The summed E-state index contributed by atoms with van der Waals surface area (Å²) in [6, 6.07) is 14.6. The maximum absolute atomic E-state index is 12.4. The molecule has 0 unspecified atom stereocenters. The van der Waals surface area contributed by atoms with Crippen LogP contribution in [-0.2, 0) is 0 Å². The number of hydrogen-bond donors (Lipinski definition) is 2. The number of carbonyl (C=O) groups is 1. The highest BCUT2D eigenvalue weighted by Crippen LogP contribution is 2.25. The molecule has 2 aromatic carbocycles. The van der Waals surface area contributed by atoms with Crippen LogP contribution in [0.2, 0.25) is 0 Å². The fourth-order valence-electron chi connectivity index (χ4n) is 2.74. The van der Waals surface area contributed by atoms with E-state index >= 15 is 0 Å². The summed E-state index contributed by atoms with van der Waals surface area (Å²) in [5.74, 6) is 0.0720. The van der Waals surface area contributed by atoms with Crippen LogP contribution in [0.25, 0.3) is 10.9 Å². The van der Waals surface area contributed by atoms with Crippen molar-refractivity contribution < 1.29 is 4.79 Å². The number of hydrogen-bond acceptors (Lipinski definition) is 2. The van der Waals surface area contributed by atoms with Gasteiger partial charge < -0.3 is 10.3 Å². The second kappa shape index (κ2) is 11.8. The molecule has 0 saturated carbocycles. The minimum atomic E-state index is -0.148. The Labute approximate surface area is 174 Å². The monoisotopic (exact) mass is 394 g/mol. The lowest BCUT2D eigenvalue weighted by Crippen LogP contribution is -2.12. The van der Waals surface area contributed by atoms with Gasteiger partial charge in [0.2, 0.25) is 5.56 Å². The van der Waals surface area contributed by atoms with Crippen molar-refractivity contribution in [2.24, 2.45) is 0 Å². The minimum Gasteiger partial charge on any atom is -0.322 e. The molecule has 2 N–H and O–H groups in total. The zero-order valence-corrected chi connectivity index (χ0v) is 18.7. The standard InChI is InChI=1S/C20H20N2O2.C3H8.C2H6/c1-12(2)16-11-19(23)22-18-9-8-15(10-17(16)18)21-20(24)14-6-4-13(3)5-7-14;1-3-2;1-2/h4-12H,1-3H3,(H,21,24)(H,22,23);3H2,1-2H3;1-2H3. The van der Waals surface area contributed by atoms with Crippen molar-refractivity contribution in [3.05, 3.63) is 75.6 Å². The maximum atomic E-state index is 12.4. The van der Waals surface area contributed by atoms with Gasteiger partial charge in [-0.3, -0.25) is 9.59 Å². The zero-order chi connectivity index (χ0) is 22.0. The van der Waals surface area contributed by atoms with Crippen molar-refractivity contribution in [1.29, 1.82) is 0 Å². The average molecular weight is 395 g/mol. The van der Waals surface area contributed by atoms with Crippen LogP contribution >= 0.6 is 0 Å². The first-order valence-corrected chi connectivity index (χ1v) is 10.4. The first-order valence-electron chi connectivity index (χ1n) is 10.4. The Kier molecular flexibility index (Phi) is 9.87. The van der Waals surface area contributed by atoms with Crippen LogP contribution in [0, 0.1) is 6.92 Å². The van der Waals surface area contributed by atoms with E-state index in [-0.39, 0.29) is 17.4 Å². The average Bonchev–Trinajstić information content (AvgIpc) is 2.70. The minimum absolute atomic E-state index is 0.109. The Morgan fingerprint density at radius 1 is 1.00 bits per heavy atom. The number of aromatic nitrogens is 1. The van der Waals surface area contributed by atoms with Crippen molar-refractivity contribution in [1.82, 2.24) is 4.98 Å². The van der Waals surface area contributed by atoms with Gasteiger partial charge in [-0.05, 0) is 48.7 Å². The SMILES string of the molecule is CC.CCC.Cc1ccc(C(=O)Nc2ccc3[nH]c(=O)cc(C(C)C)c3c2)cc1. The van der Waals surface area contributed by atoms with E-state index in [0.29, 0.717) is 11.3 Å². The largest absolute Gasteiger partial charge is 0.322 e. The van der Waals surface area contributed by atoms with Crippen LogP contribution in [0.4, 0.5) is 5.69 Å². The quantitative estimate of drug-likeness (QED) is 0.522. The summed E-state index contributed by atoms with van der Waals surface area (Å²) in [4.78, 5) is 27.0. The number of amides is 1. The third kappa shape index (κ3) is 6.90. The molecule has 4 nitrogen and oxygen atoms in total. The molecule has 3 aromatic rings. The number of fused-ring (bicyclic) bond motifs is 1. The smallest absolute Gasteiger partial charge is 0.255 e. The van der Waals surface area contributed by atoms with Gasteiger partial charge in [-0.2, -0.15) is 0 Å². The molecular weight excluding hydrogens is 360 g/mol. The summed E-state index contributed by atoms with van der Waals surface area (Å²) in [7, 11) is 0. The Balaban J connectivity index is 0.000000771. The Hall–Kier alpha value is -2.88. The molecule has 0 atom stereocenters. The number of H-pyrrole nitrogens is 1. The third-order valence-electron chi connectivity index (χ3n) is 4.07.